The summed E-state index contributed by atoms with van der Waals surface area (Å²) in [5.41, 5.74) is 1.40. The SMILES string of the molecule is CC1CCCC(NC(=O)CSc2nc3cc(Cl)ccc3o2)C1C. The van der Waals surface area contributed by atoms with Gasteiger partial charge in [-0.25, -0.2) is 4.98 Å². The Balaban J connectivity index is 1.55. The van der Waals surface area contributed by atoms with E-state index in [0.29, 0.717) is 33.4 Å². The third-order valence-electron chi connectivity index (χ3n) is 4.71. The molecule has 0 bridgehead atoms. The Bertz CT molecular complexity index is 703. The molecule has 3 rings (SSSR count). The minimum absolute atomic E-state index is 0.0428. The number of thioether (sulfide) groups is 1. The van der Waals surface area contributed by atoms with Gasteiger partial charge in [0.15, 0.2) is 5.58 Å². The Kier molecular flexibility index (Phi) is 5.17. The summed E-state index contributed by atoms with van der Waals surface area (Å²) in [5.74, 6) is 1.56. The predicted octanol–water partition coefficient (Wildman–Crippen LogP) is 4.51. The number of oxazole rings is 1. The smallest absolute Gasteiger partial charge is 0.257 e. The van der Waals surface area contributed by atoms with Gasteiger partial charge in [0.25, 0.3) is 5.22 Å². The van der Waals surface area contributed by atoms with E-state index < -0.39 is 0 Å². The molecule has 1 aromatic carbocycles. The van der Waals surface area contributed by atoms with E-state index in [1.54, 1.807) is 18.2 Å². The maximum atomic E-state index is 12.2. The van der Waals surface area contributed by atoms with Crippen molar-refractivity contribution in [3.8, 4) is 0 Å². The van der Waals surface area contributed by atoms with Gasteiger partial charge in [-0.3, -0.25) is 4.79 Å². The number of fused-ring (bicyclic) bond motifs is 1. The molecule has 6 heteroatoms. The topological polar surface area (TPSA) is 55.1 Å². The van der Waals surface area contributed by atoms with Crippen LogP contribution in [0.4, 0.5) is 0 Å². The minimum Gasteiger partial charge on any atom is -0.431 e. The zero-order chi connectivity index (χ0) is 16.4. The van der Waals surface area contributed by atoms with Crippen LogP contribution in [-0.4, -0.2) is 22.7 Å². The van der Waals surface area contributed by atoms with Gasteiger partial charge in [0.1, 0.15) is 5.52 Å². The van der Waals surface area contributed by atoms with Gasteiger partial charge >= 0.3 is 0 Å². The Morgan fingerprint density at radius 1 is 1.43 bits per heavy atom. The average molecular weight is 353 g/mol. The van der Waals surface area contributed by atoms with E-state index in [1.165, 1.54) is 24.6 Å². The number of rotatable bonds is 4. The Labute approximate surface area is 145 Å². The molecule has 4 nitrogen and oxygen atoms in total. The van der Waals surface area contributed by atoms with Gasteiger partial charge in [-0.05, 0) is 36.5 Å². The molecule has 3 unspecified atom stereocenters. The van der Waals surface area contributed by atoms with Crippen molar-refractivity contribution < 1.29 is 9.21 Å². The number of hydrogen-bond donors (Lipinski definition) is 1. The normalized spacial score (nSPS) is 24.7. The molecule has 1 N–H and O–H groups in total. The van der Waals surface area contributed by atoms with Crippen LogP contribution < -0.4 is 5.32 Å². The first-order chi connectivity index (χ1) is 11.0. The third kappa shape index (κ3) is 4.01. The van der Waals surface area contributed by atoms with Gasteiger partial charge in [-0.2, -0.15) is 0 Å². The number of amides is 1. The van der Waals surface area contributed by atoms with E-state index in [-0.39, 0.29) is 11.9 Å². The van der Waals surface area contributed by atoms with Crippen molar-refractivity contribution >= 4 is 40.4 Å². The average Bonchev–Trinajstić information content (AvgIpc) is 2.92. The number of hydrogen-bond acceptors (Lipinski definition) is 4. The monoisotopic (exact) mass is 352 g/mol. The lowest BCUT2D eigenvalue weighted by Gasteiger charge is -2.34. The first kappa shape index (κ1) is 16.7. The molecule has 2 aromatic rings. The largest absolute Gasteiger partial charge is 0.431 e. The van der Waals surface area contributed by atoms with Gasteiger partial charge in [0.2, 0.25) is 5.91 Å². The first-order valence-corrected chi connectivity index (χ1v) is 9.37. The maximum Gasteiger partial charge on any atom is 0.257 e. The quantitative estimate of drug-likeness (QED) is 0.822. The molecule has 124 valence electrons. The molecular formula is C17H21ClN2O2S. The second-order valence-corrected chi connectivity index (χ2v) is 7.68. The molecule has 1 aliphatic carbocycles. The second kappa shape index (κ2) is 7.14. The fraction of sp³-hybridized carbons (Fsp3) is 0.529. The van der Waals surface area contributed by atoms with Crippen LogP contribution in [0.2, 0.25) is 5.02 Å². The van der Waals surface area contributed by atoms with Crippen molar-refractivity contribution in [3.63, 3.8) is 0 Å². The lowest BCUT2D eigenvalue weighted by molar-refractivity contribution is -0.120. The minimum atomic E-state index is 0.0428. The summed E-state index contributed by atoms with van der Waals surface area (Å²) in [6.45, 7) is 4.49. The molecule has 0 aliphatic heterocycles. The van der Waals surface area contributed by atoms with Crippen LogP contribution >= 0.6 is 23.4 Å². The highest BCUT2D eigenvalue weighted by Gasteiger charge is 2.28. The number of nitrogens with zero attached hydrogens (tertiary/aromatic N) is 1. The number of aromatic nitrogens is 1. The van der Waals surface area contributed by atoms with Crippen LogP contribution in [0.15, 0.2) is 27.8 Å². The standard InChI is InChI=1S/C17H21ClN2O2S/c1-10-4-3-5-13(11(10)2)19-16(21)9-23-17-20-14-8-12(18)6-7-15(14)22-17/h6-8,10-11,13H,3-5,9H2,1-2H3,(H,19,21). The Morgan fingerprint density at radius 2 is 2.26 bits per heavy atom. The summed E-state index contributed by atoms with van der Waals surface area (Å²) in [6.07, 6.45) is 3.52. The maximum absolute atomic E-state index is 12.2. The summed E-state index contributed by atoms with van der Waals surface area (Å²) in [5, 5.41) is 4.29. The van der Waals surface area contributed by atoms with E-state index in [1.807, 2.05) is 0 Å². The fourth-order valence-corrected chi connectivity index (χ4v) is 3.92. The lowest BCUT2D eigenvalue weighted by atomic mass is 9.78. The van der Waals surface area contributed by atoms with E-state index in [4.69, 9.17) is 16.0 Å². The van der Waals surface area contributed by atoms with Crippen molar-refractivity contribution in [1.29, 1.82) is 0 Å². The Hall–Kier alpha value is -1.20. The summed E-state index contributed by atoms with van der Waals surface area (Å²) in [4.78, 5) is 16.5. The van der Waals surface area contributed by atoms with Crippen LogP contribution in [0, 0.1) is 11.8 Å². The highest BCUT2D eigenvalue weighted by Crippen LogP contribution is 2.30. The van der Waals surface area contributed by atoms with Gasteiger partial charge in [-0.1, -0.05) is 50.1 Å². The van der Waals surface area contributed by atoms with Crippen LogP contribution in [0.5, 0.6) is 0 Å². The molecule has 23 heavy (non-hydrogen) atoms. The highest BCUT2D eigenvalue weighted by atomic mass is 35.5. The number of carbonyl (C=O) groups excluding carboxylic acids is 1. The molecule has 0 radical (unpaired) electrons. The summed E-state index contributed by atoms with van der Waals surface area (Å²) in [7, 11) is 0. The van der Waals surface area contributed by atoms with E-state index >= 15 is 0 Å². The number of carbonyl (C=O) groups is 1. The van der Waals surface area contributed by atoms with Crippen molar-refractivity contribution in [2.24, 2.45) is 11.8 Å². The van der Waals surface area contributed by atoms with Crippen LogP contribution in [0.25, 0.3) is 11.1 Å². The molecule has 1 heterocycles. The Morgan fingerprint density at radius 3 is 3.09 bits per heavy atom. The zero-order valence-electron chi connectivity index (χ0n) is 13.3. The zero-order valence-corrected chi connectivity index (χ0v) is 14.9. The summed E-state index contributed by atoms with van der Waals surface area (Å²) < 4.78 is 5.61. The number of halogens is 1. The molecule has 0 saturated heterocycles. The van der Waals surface area contributed by atoms with Crippen LogP contribution in [-0.2, 0) is 4.79 Å². The van der Waals surface area contributed by atoms with Gasteiger partial charge < -0.3 is 9.73 Å². The van der Waals surface area contributed by atoms with Gasteiger partial charge in [-0.15, -0.1) is 0 Å². The highest BCUT2D eigenvalue weighted by molar-refractivity contribution is 7.99. The van der Waals surface area contributed by atoms with E-state index in [9.17, 15) is 4.79 Å². The van der Waals surface area contributed by atoms with E-state index in [2.05, 4.69) is 24.1 Å². The molecule has 0 spiro atoms. The molecule has 1 aliphatic rings. The molecule has 1 saturated carbocycles. The summed E-state index contributed by atoms with van der Waals surface area (Å²) >= 11 is 7.25. The van der Waals surface area contributed by atoms with E-state index in [0.717, 1.165) is 11.9 Å². The third-order valence-corrected chi connectivity index (χ3v) is 5.77. The van der Waals surface area contributed by atoms with Crippen molar-refractivity contribution in [2.75, 3.05) is 5.75 Å². The van der Waals surface area contributed by atoms with Gasteiger partial charge in [0, 0.05) is 11.1 Å². The number of nitrogens with one attached hydrogen (secondary N) is 1. The second-order valence-electron chi connectivity index (χ2n) is 6.32. The van der Waals surface area contributed by atoms with Crippen molar-refractivity contribution in [1.82, 2.24) is 10.3 Å². The molecule has 1 aromatic heterocycles. The predicted molar refractivity (Wildman–Crippen MR) is 93.9 cm³/mol. The molecular weight excluding hydrogens is 332 g/mol. The van der Waals surface area contributed by atoms with Crippen LogP contribution in [0.1, 0.15) is 33.1 Å². The van der Waals surface area contributed by atoms with Crippen molar-refractivity contribution in [2.45, 2.75) is 44.4 Å². The fourth-order valence-electron chi connectivity index (χ4n) is 3.10. The molecule has 1 amide bonds. The molecule has 3 atom stereocenters. The molecule has 1 fully saturated rings. The number of benzene rings is 1. The summed E-state index contributed by atoms with van der Waals surface area (Å²) in [6, 6.07) is 5.60. The van der Waals surface area contributed by atoms with Crippen LogP contribution in [0.3, 0.4) is 0 Å². The van der Waals surface area contributed by atoms with Gasteiger partial charge in [0.05, 0.1) is 5.75 Å². The first-order valence-electron chi connectivity index (χ1n) is 8.01. The lowest BCUT2D eigenvalue weighted by Crippen LogP contribution is -2.44. The van der Waals surface area contributed by atoms with Crippen molar-refractivity contribution in [3.05, 3.63) is 23.2 Å².